The maximum atomic E-state index is 5.42. The number of nitrogens with zero attached hydrogens (tertiary/aromatic N) is 4. The summed E-state index contributed by atoms with van der Waals surface area (Å²) in [5, 5.41) is 0.865. The van der Waals surface area contributed by atoms with Gasteiger partial charge in [-0.2, -0.15) is 9.97 Å². The van der Waals surface area contributed by atoms with Gasteiger partial charge in [0.2, 0.25) is 10.7 Å². The van der Waals surface area contributed by atoms with Gasteiger partial charge in [-0.3, -0.25) is 9.47 Å². The predicted molar refractivity (Wildman–Crippen MR) is 96.8 cm³/mol. The second-order valence-corrected chi connectivity index (χ2v) is 7.27. The Morgan fingerprint density at radius 3 is 2.20 bits per heavy atom. The Bertz CT molecular complexity index is 539. The van der Waals surface area contributed by atoms with Gasteiger partial charge in [0.05, 0.1) is 0 Å². The van der Waals surface area contributed by atoms with Gasteiger partial charge in [-0.15, -0.1) is 0 Å². The van der Waals surface area contributed by atoms with E-state index in [1.165, 1.54) is 11.8 Å². The molecule has 0 aliphatic carbocycles. The van der Waals surface area contributed by atoms with E-state index in [1.54, 1.807) is 11.8 Å². The van der Waals surface area contributed by atoms with Crippen LogP contribution >= 0.6 is 48.0 Å². The highest BCUT2D eigenvalue weighted by atomic mass is 32.2. The zero-order valence-corrected chi connectivity index (χ0v) is 15.8. The van der Waals surface area contributed by atoms with Gasteiger partial charge in [0.25, 0.3) is 0 Å². The lowest BCUT2D eigenvalue weighted by molar-refractivity contribution is 0.507. The first-order valence-corrected chi connectivity index (χ1v) is 9.51. The molecule has 112 valence electrons. The van der Waals surface area contributed by atoms with Gasteiger partial charge in [-0.25, -0.2) is 0 Å². The van der Waals surface area contributed by atoms with Crippen LogP contribution in [-0.4, -0.2) is 37.4 Å². The van der Waals surface area contributed by atoms with Crippen LogP contribution in [0.5, 0.6) is 0 Å². The predicted octanol–water partition coefficient (Wildman–Crippen LogP) is 4.17. The monoisotopic (exact) mass is 348 g/mol. The summed E-state index contributed by atoms with van der Waals surface area (Å²) < 4.78 is 3.26. The van der Waals surface area contributed by atoms with E-state index in [0.717, 1.165) is 9.48 Å². The van der Waals surface area contributed by atoms with E-state index in [1.807, 2.05) is 22.0 Å². The molecule has 0 amide bonds. The van der Waals surface area contributed by atoms with Crippen LogP contribution in [0.15, 0.2) is 5.16 Å². The zero-order valence-electron chi connectivity index (χ0n) is 12.6. The van der Waals surface area contributed by atoms with Gasteiger partial charge in [-0.1, -0.05) is 35.7 Å². The van der Waals surface area contributed by atoms with Crippen molar-refractivity contribution in [3.63, 3.8) is 0 Å². The summed E-state index contributed by atoms with van der Waals surface area (Å²) >= 11 is 13.9. The lowest BCUT2D eigenvalue weighted by Crippen LogP contribution is -2.36. The van der Waals surface area contributed by atoms with Crippen LogP contribution in [0.3, 0.4) is 0 Å². The van der Waals surface area contributed by atoms with Gasteiger partial charge in [0.15, 0.2) is 5.16 Å². The van der Waals surface area contributed by atoms with Gasteiger partial charge in [0.1, 0.15) is 4.32 Å². The summed E-state index contributed by atoms with van der Waals surface area (Å²) in [4.78, 5) is 11.1. The molecule has 0 N–H and O–H groups in total. The highest BCUT2D eigenvalue weighted by Gasteiger charge is 2.20. The largest absolute Gasteiger partial charge is 0.293 e. The Morgan fingerprint density at radius 1 is 1.20 bits per heavy atom. The van der Waals surface area contributed by atoms with Crippen LogP contribution < -0.4 is 4.90 Å². The van der Waals surface area contributed by atoms with Crippen molar-refractivity contribution in [3.8, 4) is 0 Å². The normalized spacial score (nSPS) is 11.2. The van der Waals surface area contributed by atoms with Crippen LogP contribution in [0.1, 0.15) is 33.7 Å². The molecular weight excluding hydrogens is 328 g/mol. The molecule has 0 fully saturated rings. The third kappa shape index (κ3) is 3.93. The summed E-state index contributed by atoms with van der Waals surface area (Å²) in [5.41, 5.74) is 0. The first-order valence-electron chi connectivity index (χ1n) is 6.25. The molecule has 0 spiro atoms. The highest BCUT2D eigenvalue weighted by molar-refractivity contribution is 8.22. The third-order valence-electron chi connectivity index (χ3n) is 2.61. The van der Waals surface area contributed by atoms with E-state index in [9.17, 15) is 0 Å². The van der Waals surface area contributed by atoms with Crippen molar-refractivity contribution in [2.75, 3.05) is 17.4 Å². The van der Waals surface area contributed by atoms with Crippen molar-refractivity contribution in [1.29, 1.82) is 0 Å². The summed E-state index contributed by atoms with van der Waals surface area (Å²) in [7, 11) is 0. The Kier molecular flexibility index (Phi) is 6.90. The molecule has 0 unspecified atom stereocenters. The first-order chi connectivity index (χ1) is 9.33. The fraction of sp³-hybridized carbons (Fsp3) is 0.667. The molecule has 1 heterocycles. The van der Waals surface area contributed by atoms with E-state index >= 15 is 0 Å². The maximum Gasteiger partial charge on any atom is 0.236 e. The number of hydrogen-bond acceptors (Lipinski definition) is 6. The number of aromatic nitrogens is 3. The quantitative estimate of drug-likeness (QED) is 0.596. The van der Waals surface area contributed by atoms with E-state index in [2.05, 4.69) is 37.7 Å². The molecule has 0 radical (unpaired) electrons. The molecular formula is C12H20N4S4. The smallest absolute Gasteiger partial charge is 0.236 e. The lowest BCUT2D eigenvalue weighted by atomic mass is 10.3. The van der Waals surface area contributed by atoms with Crippen molar-refractivity contribution < 1.29 is 0 Å². The van der Waals surface area contributed by atoms with Crippen LogP contribution in [0.2, 0.25) is 0 Å². The molecule has 0 aliphatic rings. The van der Waals surface area contributed by atoms with Crippen LogP contribution in [-0.2, 0) is 0 Å². The van der Waals surface area contributed by atoms with E-state index in [0.29, 0.717) is 10.7 Å². The molecule has 1 aromatic rings. The molecule has 20 heavy (non-hydrogen) atoms. The maximum absolute atomic E-state index is 5.42. The minimum absolute atomic E-state index is 0.189. The Hall–Kier alpha value is -0.180. The highest BCUT2D eigenvalue weighted by Crippen LogP contribution is 2.23. The second kappa shape index (κ2) is 7.72. The summed E-state index contributed by atoms with van der Waals surface area (Å²) in [6.07, 6.45) is 3.95. The Balaban J connectivity index is 3.43. The van der Waals surface area contributed by atoms with Gasteiger partial charge in [0, 0.05) is 12.1 Å². The molecule has 0 aromatic carbocycles. The molecule has 0 bridgehead atoms. The van der Waals surface area contributed by atoms with Crippen molar-refractivity contribution in [2.24, 2.45) is 0 Å². The first kappa shape index (κ1) is 17.9. The van der Waals surface area contributed by atoms with Crippen molar-refractivity contribution in [2.45, 2.75) is 44.9 Å². The average molecular weight is 349 g/mol. The minimum atomic E-state index is 0.189. The fourth-order valence-corrected chi connectivity index (χ4v) is 3.59. The van der Waals surface area contributed by atoms with Crippen LogP contribution in [0.4, 0.5) is 5.95 Å². The summed E-state index contributed by atoms with van der Waals surface area (Å²) in [6.45, 7) is 8.28. The lowest BCUT2D eigenvalue weighted by Gasteiger charge is -2.27. The van der Waals surface area contributed by atoms with E-state index < -0.39 is 0 Å². The molecule has 4 nitrogen and oxygen atoms in total. The van der Waals surface area contributed by atoms with Gasteiger partial charge >= 0.3 is 0 Å². The standard InChI is InChI=1S/C12H20N4S4/c1-7(2)15(12(18)20-6)9-13-10(17)16(8(3)4)11(14-9)19-5/h7-8H,1-6H3. The van der Waals surface area contributed by atoms with Crippen LogP contribution in [0.25, 0.3) is 0 Å². The van der Waals surface area contributed by atoms with Crippen molar-refractivity contribution >= 4 is 58.2 Å². The molecule has 0 saturated carbocycles. The number of rotatable bonds is 4. The van der Waals surface area contributed by atoms with Gasteiger partial charge < -0.3 is 0 Å². The van der Waals surface area contributed by atoms with Gasteiger partial charge in [-0.05, 0) is 52.4 Å². The summed E-state index contributed by atoms with van der Waals surface area (Å²) in [5.74, 6) is 0.589. The average Bonchev–Trinajstić information content (AvgIpc) is 2.36. The van der Waals surface area contributed by atoms with Crippen LogP contribution in [0, 0.1) is 4.77 Å². The Morgan fingerprint density at radius 2 is 1.80 bits per heavy atom. The molecule has 8 heteroatoms. The molecule has 0 saturated heterocycles. The third-order valence-corrected chi connectivity index (χ3v) is 4.79. The number of thioether (sulfide) groups is 2. The van der Waals surface area contributed by atoms with Crippen molar-refractivity contribution in [1.82, 2.24) is 14.5 Å². The molecule has 0 aliphatic heterocycles. The molecule has 1 rings (SSSR count). The second-order valence-electron chi connectivity index (χ2n) is 4.69. The topological polar surface area (TPSA) is 34.0 Å². The number of anilines is 1. The van der Waals surface area contributed by atoms with Crippen molar-refractivity contribution in [3.05, 3.63) is 4.77 Å². The number of thiocarbonyl (C=S) groups is 1. The number of hydrogen-bond donors (Lipinski definition) is 0. The SMILES string of the molecule is CSC(=S)N(c1nc(SC)n(C(C)C)c(=S)n1)C(C)C. The van der Waals surface area contributed by atoms with E-state index in [4.69, 9.17) is 24.4 Å². The fourth-order valence-electron chi connectivity index (χ4n) is 1.70. The Labute approximate surface area is 139 Å². The summed E-state index contributed by atoms with van der Waals surface area (Å²) in [6, 6.07) is 0.424. The molecule has 1 aromatic heterocycles. The van der Waals surface area contributed by atoms with E-state index in [-0.39, 0.29) is 12.1 Å². The zero-order chi connectivity index (χ0) is 15.4. The minimum Gasteiger partial charge on any atom is -0.293 e. The molecule has 0 atom stereocenters.